The predicted octanol–water partition coefficient (Wildman–Crippen LogP) is 5.11. The van der Waals surface area contributed by atoms with E-state index in [-0.39, 0.29) is 6.04 Å². The van der Waals surface area contributed by atoms with Crippen LogP contribution in [0.4, 0.5) is 0 Å². The summed E-state index contributed by atoms with van der Waals surface area (Å²) in [7, 11) is 0. The molecular formula is C24H21N5. The fourth-order valence-corrected chi connectivity index (χ4v) is 4.59. The zero-order valence-electron chi connectivity index (χ0n) is 16.0. The minimum Gasteiger partial charge on any atom is -0.361 e. The molecule has 0 aliphatic carbocycles. The monoisotopic (exact) mass is 379 g/mol. The van der Waals surface area contributed by atoms with Crippen LogP contribution in [0.3, 0.4) is 0 Å². The van der Waals surface area contributed by atoms with Crippen LogP contribution in [0.5, 0.6) is 0 Å². The van der Waals surface area contributed by atoms with Crippen molar-refractivity contribution in [3.05, 3.63) is 72.3 Å². The lowest BCUT2D eigenvalue weighted by molar-refractivity contribution is 0.616. The number of benzene rings is 1. The van der Waals surface area contributed by atoms with Gasteiger partial charge in [0.1, 0.15) is 0 Å². The number of aromatic nitrogens is 4. The number of aliphatic imine (C=N–C) groups is 1. The average molecular weight is 379 g/mol. The molecule has 0 amide bonds. The number of hydrogen-bond acceptors (Lipinski definition) is 3. The van der Waals surface area contributed by atoms with E-state index in [1.807, 2.05) is 30.8 Å². The van der Waals surface area contributed by atoms with E-state index in [2.05, 4.69) is 51.1 Å². The van der Waals surface area contributed by atoms with E-state index in [1.165, 1.54) is 22.2 Å². The summed E-state index contributed by atoms with van der Waals surface area (Å²) in [5.41, 5.74) is 8.18. The van der Waals surface area contributed by atoms with Crippen molar-refractivity contribution in [1.29, 1.82) is 0 Å². The van der Waals surface area contributed by atoms with Crippen LogP contribution in [0.1, 0.15) is 30.3 Å². The number of allylic oxidation sites excluding steroid dienone is 1. The first-order valence-corrected chi connectivity index (χ1v) is 10.2. The van der Waals surface area contributed by atoms with Crippen LogP contribution < -0.4 is 0 Å². The van der Waals surface area contributed by atoms with E-state index < -0.39 is 0 Å². The molecule has 1 atom stereocenters. The molecule has 142 valence electrons. The van der Waals surface area contributed by atoms with Gasteiger partial charge in [0, 0.05) is 53.1 Å². The lowest BCUT2D eigenvalue weighted by Crippen LogP contribution is -2.03. The number of hydrogen-bond donors (Lipinski definition) is 1. The van der Waals surface area contributed by atoms with E-state index in [4.69, 9.17) is 10.1 Å². The van der Waals surface area contributed by atoms with Crippen LogP contribution in [0.2, 0.25) is 0 Å². The van der Waals surface area contributed by atoms with Crippen molar-refractivity contribution < 1.29 is 0 Å². The molecular weight excluding hydrogens is 358 g/mol. The minimum atomic E-state index is 0.0921. The standard InChI is InChI=1S/C24H21N5/c1-2-11-26-20(5-1)24-23(22-7-4-14-29(22)28-24)18-10-13-27-21-15-16(8-9-17(18)21)19-6-3-12-25-19/h1-3,6,8-13,15,20,25H,4-5,7,14H2. The van der Waals surface area contributed by atoms with Gasteiger partial charge in [-0.2, -0.15) is 5.10 Å². The average Bonchev–Trinajstić information content (AvgIpc) is 3.51. The number of pyridine rings is 1. The van der Waals surface area contributed by atoms with Crippen molar-refractivity contribution in [3.8, 4) is 22.4 Å². The number of nitrogens with zero attached hydrogens (tertiary/aromatic N) is 4. The summed E-state index contributed by atoms with van der Waals surface area (Å²) in [5.74, 6) is 0. The Balaban J connectivity index is 1.55. The van der Waals surface area contributed by atoms with Crippen molar-refractivity contribution in [2.75, 3.05) is 0 Å². The van der Waals surface area contributed by atoms with Crippen LogP contribution in [-0.4, -0.2) is 26.0 Å². The van der Waals surface area contributed by atoms with Crippen molar-refractivity contribution in [2.45, 2.75) is 31.8 Å². The van der Waals surface area contributed by atoms with Crippen molar-refractivity contribution >= 4 is 17.1 Å². The molecule has 0 radical (unpaired) electrons. The normalized spacial score (nSPS) is 17.9. The highest BCUT2D eigenvalue weighted by Crippen LogP contribution is 2.40. The van der Waals surface area contributed by atoms with Crippen molar-refractivity contribution in [1.82, 2.24) is 19.7 Å². The molecule has 1 aromatic carbocycles. The molecule has 0 saturated heterocycles. The third-order valence-electron chi connectivity index (χ3n) is 5.95. The summed E-state index contributed by atoms with van der Waals surface area (Å²) in [4.78, 5) is 12.7. The first kappa shape index (κ1) is 16.5. The van der Waals surface area contributed by atoms with Gasteiger partial charge in [-0.1, -0.05) is 18.2 Å². The van der Waals surface area contributed by atoms with Crippen LogP contribution in [0.25, 0.3) is 33.3 Å². The summed E-state index contributed by atoms with van der Waals surface area (Å²) < 4.78 is 2.19. The maximum absolute atomic E-state index is 5.00. The highest BCUT2D eigenvalue weighted by atomic mass is 15.3. The molecule has 4 aromatic rings. The fraction of sp³-hybridized carbons (Fsp3) is 0.208. The Bertz CT molecular complexity index is 1260. The van der Waals surface area contributed by atoms with Gasteiger partial charge < -0.3 is 4.98 Å². The number of nitrogens with one attached hydrogen (secondary N) is 1. The first-order valence-electron chi connectivity index (χ1n) is 10.2. The van der Waals surface area contributed by atoms with E-state index >= 15 is 0 Å². The third-order valence-corrected chi connectivity index (χ3v) is 5.95. The minimum absolute atomic E-state index is 0.0921. The van der Waals surface area contributed by atoms with Gasteiger partial charge >= 0.3 is 0 Å². The van der Waals surface area contributed by atoms with Gasteiger partial charge in [-0.25, -0.2) is 0 Å². The Morgan fingerprint density at radius 2 is 2.14 bits per heavy atom. The summed E-state index contributed by atoms with van der Waals surface area (Å²) in [5, 5.41) is 6.17. The molecule has 0 spiro atoms. The topological polar surface area (TPSA) is 58.9 Å². The number of aromatic amines is 1. The third kappa shape index (κ3) is 2.65. The van der Waals surface area contributed by atoms with E-state index in [0.29, 0.717) is 0 Å². The quantitative estimate of drug-likeness (QED) is 0.538. The highest BCUT2D eigenvalue weighted by molar-refractivity contribution is 5.97. The van der Waals surface area contributed by atoms with Crippen LogP contribution in [-0.2, 0) is 13.0 Å². The number of dihydropyridines is 1. The van der Waals surface area contributed by atoms with Gasteiger partial charge in [0.05, 0.1) is 17.3 Å². The van der Waals surface area contributed by atoms with E-state index in [9.17, 15) is 0 Å². The molecule has 5 heterocycles. The number of fused-ring (bicyclic) bond motifs is 2. The zero-order valence-corrected chi connectivity index (χ0v) is 16.0. The molecule has 6 rings (SSSR count). The second-order valence-electron chi connectivity index (χ2n) is 7.69. The van der Waals surface area contributed by atoms with Crippen LogP contribution >= 0.6 is 0 Å². The molecule has 0 bridgehead atoms. The largest absolute Gasteiger partial charge is 0.361 e. The summed E-state index contributed by atoms with van der Waals surface area (Å²) in [6.45, 7) is 0.995. The smallest absolute Gasteiger partial charge is 0.0978 e. The summed E-state index contributed by atoms with van der Waals surface area (Å²) in [6, 6.07) is 12.9. The van der Waals surface area contributed by atoms with Crippen molar-refractivity contribution in [2.24, 2.45) is 4.99 Å². The van der Waals surface area contributed by atoms with Crippen molar-refractivity contribution in [3.63, 3.8) is 0 Å². The van der Waals surface area contributed by atoms with E-state index in [0.717, 1.165) is 48.3 Å². The van der Waals surface area contributed by atoms with Crippen LogP contribution in [0, 0.1) is 0 Å². The predicted molar refractivity (Wildman–Crippen MR) is 116 cm³/mol. The summed E-state index contributed by atoms with van der Waals surface area (Å²) >= 11 is 0. The Hall–Kier alpha value is -3.47. The van der Waals surface area contributed by atoms with Gasteiger partial charge in [-0.15, -0.1) is 0 Å². The molecule has 29 heavy (non-hydrogen) atoms. The molecule has 0 fully saturated rings. The van der Waals surface area contributed by atoms with Gasteiger partial charge in [0.25, 0.3) is 0 Å². The van der Waals surface area contributed by atoms with Gasteiger partial charge in [0.15, 0.2) is 0 Å². The second-order valence-corrected chi connectivity index (χ2v) is 7.69. The van der Waals surface area contributed by atoms with Gasteiger partial charge in [-0.3, -0.25) is 14.7 Å². The molecule has 5 nitrogen and oxygen atoms in total. The Kier molecular flexibility index (Phi) is 3.72. The van der Waals surface area contributed by atoms with Crippen LogP contribution in [0.15, 0.2) is 65.9 Å². The molecule has 2 aliphatic rings. The highest BCUT2D eigenvalue weighted by Gasteiger charge is 2.28. The molecule has 0 saturated carbocycles. The Morgan fingerprint density at radius 1 is 1.14 bits per heavy atom. The summed E-state index contributed by atoms with van der Waals surface area (Å²) in [6.07, 6.45) is 13.1. The Morgan fingerprint density at radius 3 is 3.00 bits per heavy atom. The second kappa shape index (κ2) is 6.55. The molecule has 5 heteroatoms. The number of aryl methyl sites for hydroxylation is 1. The maximum atomic E-state index is 5.00. The molecule has 2 aliphatic heterocycles. The molecule has 1 N–H and O–H groups in total. The Labute approximate surface area is 168 Å². The molecule has 1 unspecified atom stereocenters. The fourth-order valence-electron chi connectivity index (χ4n) is 4.59. The lowest BCUT2D eigenvalue weighted by atomic mass is 9.93. The van der Waals surface area contributed by atoms with Gasteiger partial charge in [-0.05, 0) is 55.2 Å². The van der Waals surface area contributed by atoms with Gasteiger partial charge in [0.2, 0.25) is 0 Å². The zero-order chi connectivity index (χ0) is 19.2. The number of H-pyrrole nitrogens is 1. The lowest BCUT2D eigenvalue weighted by Gasteiger charge is -2.14. The SMILES string of the molecule is C1=CCC(c2nn3c(c2-c2ccnc4cc(-c5ccc[nH]5)ccc24)CCC3)N=C1. The molecule has 3 aromatic heterocycles. The van der Waals surface area contributed by atoms with E-state index in [1.54, 1.807) is 0 Å². The maximum Gasteiger partial charge on any atom is 0.0978 e. The number of rotatable bonds is 3. The first-order chi connectivity index (χ1) is 14.4.